The Bertz CT molecular complexity index is 161. The van der Waals surface area contributed by atoms with Crippen molar-refractivity contribution < 1.29 is 9.59 Å². The number of carbonyl (C=O) groups excluding carboxylic acids is 2. The Labute approximate surface area is 60.1 Å². The van der Waals surface area contributed by atoms with Gasteiger partial charge in [-0.05, 0) is 13.3 Å². The first-order chi connectivity index (χ1) is 4.74. The van der Waals surface area contributed by atoms with E-state index in [2.05, 4.69) is 5.32 Å². The molecule has 0 unspecified atom stereocenters. The van der Waals surface area contributed by atoms with Crippen LogP contribution in [0.1, 0.15) is 20.3 Å². The highest BCUT2D eigenvalue weighted by molar-refractivity contribution is 6.24. The molecule has 0 heterocycles. The van der Waals surface area contributed by atoms with Gasteiger partial charge in [0, 0.05) is 5.70 Å². The van der Waals surface area contributed by atoms with Crippen LogP contribution >= 0.6 is 0 Å². The molecule has 0 spiro atoms. The predicted molar refractivity (Wildman–Crippen MR) is 38.3 cm³/mol. The van der Waals surface area contributed by atoms with Crippen LogP contribution < -0.4 is 5.32 Å². The Balaban J connectivity index is 3.87. The quantitative estimate of drug-likeness (QED) is 0.462. The van der Waals surface area contributed by atoms with Crippen molar-refractivity contribution in [2.75, 3.05) is 0 Å². The summed E-state index contributed by atoms with van der Waals surface area (Å²) < 4.78 is 0. The molecule has 1 N–H and O–H groups in total. The summed E-state index contributed by atoms with van der Waals surface area (Å²) in [5, 5.41) is 2.42. The van der Waals surface area contributed by atoms with E-state index in [-0.39, 0.29) is 6.29 Å². The topological polar surface area (TPSA) is 46.2 Å². The Hall–Kier alpha value is -1.12. The molecule has 3 nitrogen and oxygen atoms in total. The summed E-state index contributed by atoms with van der Waals surface area (Å²) in [5.74, 6) is -0.588. The molecule has 56 valence electrons. The normalized spacial score (nSPS) is 10.8. The third-order valence-electron chi connectivity index (χ3n) is 1.12. The lowest BCUT2D eigenvalue weighted by molar-refractivity contribution is -0.130. The molecule has 0 bridgehead atoms. The lowest BCUT2D eigenvalue weighted by atomic mass is 10.3. The Morgan fingerprint density at radius 2 is 2.20 bits per heavy atom. The van der Waals surface area contributed by atoms with Crippen LogP contribution in [0.15, 0.2) is 11.8 Å². The van der Waals surface area contributed by atoms with Gasteiger partial charge in [0.25, 0.3) is 5.91 Å². The number of rotatable bonds is 3. The van der Waals surface area contributed by atoms with Crippen LogP contribution in [0.3, 0.4) is 0 Å². The van der Waals surface area contributed by atoms with Gasteiger partial charge in [-0.2, -0.15) is 0 Å². The zero-order valence-corrected chi connectivity index (χ0v) is 6.18. The van der Waals surface area contributed by atoms with Crippen molar-refractivity contribution in [1.29, 1.82) is 0 Å². The average Bonchev–Trinajstić information content (AvgIpc) is 1.99. The average molecular weight is 141 g/mol. The van der Waals surface area contributed by atoms with Gasteiger partial charge in [0.05, 0.1) is 0 Å². The minimum Gasteiger partial charge on any atom is -0.324 e. The summed E-state index contributed by atoms with van der Waals surface area (Å²) in [6.45, 7) is 3.71. The first kappa shape index (κ1) is 8.88. The van der Waals surface area contributed by atoms with Gasteiger partial charge in [-0.15, -0.1) is 0 Å². The molecule has 0 radical (unpaired) electrons. The summed E-state index contributed by atoms with van der Waals surface area (Å²) in [4.78, 5) is 20.3. The second-order valence-corrected chi connectivity index (χ2v) is 1.77. The molecular weight excluding hydrogens is 130 g/mol. The molecule has 0 aromatic rings. The smallest absolute Gasteiger partial charge is 0.288 e. The molecule has 0 aromatic heterocycles. The fourth-order valence-corrected chi connectivity index (χ4v) is 0.552. The molecule has 0 fully saturated rings. The zero-order chi connectivity index (χ0) is 7.98. The van der Waals surface area contributed by atoms with Gasteiger partial charge in [0.15, 0.2) is 0 Å². The maximum Gasteiger partial charge on any atom is 0.288 e. The van der Waals surface area contributed by atoms with E-state index in [9.17, 15) is 9.59 Å². The van der Waals surface area contributed by atoms with Crippen molar-refractivity contribution in [1.82, 2.24) is 5.32 Å². The standard InChI is InChI=1S/C7H11NO2/c1-3-6(4-2)8-7(10)5-9/h3,5H,4H2,1-2H3,(H,8,10)/b6-3+. The number of nitrogens with one attached hydrogen (secondary N) is 1. The number of carbonyl (C=O) groups is 2. The summed E-state index contributed by atoms with van der Waals surface area (Å²) in [6, 6.07) is 0. The van der Waals surface area contributed by atoms with Crippen molar-refractivity contribution in [3.05, 3.63) is 11.8 Å². The van der Waals surface area contributed by atoms with E-state index in [1.807, 2.05) is 13.8 Å². The lowest BCUT2D eigenvalue weighted by Crippen LogP contribution is -2.22. The van der Waals surface area contributed by atoms with E-state index in [0.717, 1.165) is 12.1 Å². The molecule has 3 heteroatoms. The van der Waals surface area contributed by atoms with Gasteiger partial charge in [-0.25, -0.2) is 0 Å². The summed E-state index contributed by atoms with van der Waals surface area (Å²) in [6.07, 6.45) is 2.76. The highest BCUT2D eigenvalue weighted by Crippen LogP contribution is 1.92. The SMILES string of the molecule is C/C=C(\CC)NC(=O)C=O. The Morgan fingerprint density at radius 1 is 1.60 bits per heavy atom. The van der Waals surface area contributed by atoms with Gasteiger partial charge >= 0.3 is 0 Å². The van der Waals surface area contributed by atoms with Crippen molar-refractivity contribution >= 4 is 12.2 Å². The monoisotopic (exact) mass is 141 g/mol. The van der Waals surface area contributed by atoms with E-state index in [0.29, 0.717) is 0 Å². The van der Waals surface area contributed by atoms with Gasteiger partial charge in [0.1, 0.15) is 0 Å². The van der Waals surface area contributed by atoms with Crippen LogP contribution in [0, 0.1) is 0 Å². The lowest BCUT2D eigenvalue weighted by Gasteiger charge is -2.00. The zero-order valence-electron chi connectivity index (χ0n) is 6.18. The number of amides is 1. The molecule has 0 rings (SSSR count). The highest BCUT2D eigenvalue weighted by atomic mass is 16.2. The van der Waals surface area contributed by atoms with Gasteiger partial charge < -0.3 is 5.32 Å². The summed E-state index contributed by atoms with van der Waals surface area (Å²) >= 11 is 0. The minimum atomic E-state index is -0.588. The van der Waals surface area contributed by atoms with E-state index >= 15 is 0 Å². The van der Waals surface area contributed by atoms with Crippen LogP contribution in [0.25, 0.3) is 0 Å². The van der Waals surface area contributed by atoms with Crippen molar-refractivity contribution in [2.45, 2.75) is 20.3 Å². The van der Waals surface area contributed by atoms with Gasteiger partial charge in [-0.3, -0.25) is 9.59 Å². The third-order valence-corrected chi connectivity index (χ3v) is 1.12. The summed E-state index contributed by atoms with van der Waals surface area (Å²) in [7, 11) is 0. The van der Waals surface area contributed by atoms with Crippen LogP contribution in [0.5, 0.6) is 0 Å². The highest BCUT2D eigenvalue weighted by Gasteiger charge is 1.97. The van der Waals surface area contributed by atoms with Crippen molar-refractivity contribution in [3.8, 4) is 0 Å². The van der Waals surface area contributed by atoms with E-state index in [1.54, 1.807) is 6.08 Å². The molecule has 0 saturated carbocycles. The fourth-order valence-electron chi connectivity index (χ4n) is 0.552. The second-order valence-electron chi connectivity index (χ2n) is 1.77. The molecule has 0 saturated heterocycles. The summed E-state index contributed by atoms with van der Waals surface area (Å²) in [5.41, 5.74) is 0.775. The Kier molecular flexibility index (Phi) is 4.20. The van der Waals surface area contributed by atoms with E-state index in [4.69, 9.17) is 0 Å². The molecule has 1 amide bonds. The van der Waals surface area contributed by atoms with Crippen molar-refractivity contribution in [2.24, 2.45) is 0 Å². The predicted octanol–water partition coefficient (Wildman–Crippen LogP) is 0.615. The number of hydrogen-bond acceptors (Lipinski definition) is 2. The van der Waals surface area contributed by atoms with E-state index < -0.39 is 5.91 Å². The van der Waals surface area contributed by atoms with E-state index in [1.165, 1.54) is 0 Å². The van der Waals surface area contributed by atoms with Crippen LogP contribution in [0.4, 0.5) is 0 Å². The molecule has 0 aliphatic heterocycles. The van der Waals surface area contributed by atoms with Crippen LogP contribution in [-0.2, 0) is 9.59 Å². The second kappa shape index (κ2) is 4.73. The Morgan fingerprint density at radius 3 is 2.50 bits per heavy atom. The molecule has 10 heavy (non-hydrogen) atoms. The molecule has 0 aliphatic rings. The number of aldehydes is 1. The maximum atomic E-state index is 10.4. The molecule has 0 aliphatic carbocycles. The van der Waals surface area contributed by atoms with Crippen LogP contribution in [0.2, 0.25) is 0 Å². The number of allylic oxidation sites excluding steroid dienone is 2. The largest absolute Gasteiger partial charge is 0.324 e. The third kappa shape index (κ3) is 3.02. The first-order valence-electron chi connectivity index (χ1n) is 3.16. The van der Waals surface area contributed by atoms with Crippen molar-refractivity contribution in [3.63, 3.8) is 0 Å². The first-order valence-corrected chi connectivity index (χ1v) is 3.16. The maximum absolute atomic E-state index is 10.4. The van der Waals surface area contributed by atoms with Crippen LogP contribution in [-0.4, -0.2) is 12.2 Å². The molecule has 0 atom stereocenters. The molecular formula is C7H11NO2. The minimum absolute atomic E-state index is 0.263. The fraction of sp³-hybridized carbons (Fsp3) is 0.429. The molecule has 0 aromatic carbocycles. The van der Waals surface area contributed by atoms with Gasteiger partial charge in [0.2, 0.25) is 6.29 Å². The van der Waals surface area contributed by atoms with Gasteiger partial charge in [-0.1, -0.05) is 13.0 Å². The number of hydrogen-bond donors (Lipinski definition) is 1.